The zero-order valence-electron chi connectivity index (χ0n) is 10.3. The van der Waals surface area contributed by atoms with Crippen LogP contribution in [0.1, 0.15) is 15.9 Å². The summed E-state index contributed by atoms with van der Waals surface area (Å²) in [5.74, 6) is -0.520. The van der Waals surface area contributed by atoms with Gasteiger partial charge in [-0.25, -0.2) is 0 Å². The first-order valence-electron chi connectivity index (χ1n) is 5.84. The predicted molar refractivity (Wildman–Crippen MR) is 86.3 cm³/mol. The topological polar surface area (TPSA) is 53.0 Å². The monoisotopic (exact) mass is 356 g/mol. The van der Waals surface area contributed by atoms with E-state index in [0.717, 1.165) is 4.90 Å². The SMILES string of the molecule is N=C1NC(=O)c2c(Cl)c(Sc3ccccc3)c(Cl)c(Cl)c21. The van der Waals surface area contributed by atoms with E-state index in [-0.39, 0.29) is 32.0 Å². The highest BCUT2D eigenvalue weighted by Gasteiger charge is 2.33. The molecule has 2 N–H and O–H groups in total. The summed E-state index contributed by atoms with van der Waals surface area (Å²) in [4.78, 5) is 13.4. The van der Waals surface area contributed by atoms with Crippen LogP contribution in [-0.2, 0) is 0 Å². The summed E-state index contributed by atoms with van der Waals surface area (Å²) < 4.78 is 0. The van der Waals surface area contributed by atoms with E-state index in [9.17, 15) is 4.79 Å². The smallest absolute Gasteiger partial charge is 0.259 e. The normalized spacial score (nSPS) is 13.3. The Balaban J connectivity index is 2.19. The molecular weight excluding hydrogens is 351 g/mol. The minimum Gasteiger partial charge on any atom is -0.306 e. The summed E-state index contributed by atoms with van der Waals surface area (Å²) >= 11 is 20.1. The molecule has 0 fully saturated rings. The van der Waals surface area contributed by atoms with E-state index < -0.39 is 5.91 Å². The average Bonchev–Trinajstić information content (AvgIpc) is 2.77. The van der Waals surface area contributed by atoms with Crippen molar-refractivity contribution in [3.63, 3.8) is 0 Å². The average molecular weight is 358 g/mol. The molecule has 0 saturated heterocycles. The maximum atomic E-state index is 11.9. The highest BCUT2D eigenvalue weighted by atomic mass is 35.5. The fourth-order valence-electron chi connectivity index (χ4n) is 2.02. The number of hydrogen-bond donors (Lipinski definition) is 2. The zero-order valence-corrected chi connectivity index (χ0v) is 13.4. The van der Waals surface area contributed by atoms with Crippen molar-refractivity contribution < 1.29 is 4.79 Å². The zero-order chi connectivity index (χ0) is 15.1. The van der Waals surface area contributed by atoms with Crippen LogP contribution < -0.4 is 5.32 Å². The lowest BCUT2D eigenvalue weighted by molar-refractivity contribution is 0.0983. The number of amidine groups is 1. The molecule has 0 bridgehead atoms. The number of benzene rings is 2. The Morgan fingerprint density at radius 1 is 0.952 bits per heavy atom. The first kappa shape index (κ1) is 14.7. The standard InChI is InChI=1S/C14H7Cl3N2OS/c15-9-7-8(14(20)19-13(7)18)10(16)12(11(9)17)21-6-4-2-1-3-5-6/h1-5H,(H2,18,19,20). The minimum atomic E-state index is -0.437. The lowest BCUT2D eigenvalue weighted by atomic mass is 10.1. The van der Waals surface area contributed by atoms with Gasteiger partial charge in [-0.15, -0.1) is 0 Å². The Morgan fingerprint density at radius 2 is 1.62 bits per heavy atom. The second-order valence-electron chi connectivity index (χ2n) is 4.27. The Labute approximate surface area is 140 Å². The van der Waals surface area contributed by atoms with Crippen LogP contribution in [0.4, 0.5) is 0 Å². The predicted octanol–water partition coefficient (Wildman–Crippen LogP) is 4.87. The van der Waals surface area contributed by atoms with Crippen LogP contribution in [0, 0.1) is 5.41 Å². The van der Waals surface area contributed by atoms with Gasteiger partial charge in [0.15, 0.2) is 0 Å². The molecule has 3 nitrogen and oxygen atoms in total. The van der Waals surface area contributed by atoms with E-state index >= 15 is 0 Å². The van der Waals surface area contributed by atoms with Crippen molar-refractivity contribution in [3.8, 4) is 0 Å². The molecule has 0 atom stereocenters. The molecule has 0 spiro atoms. The second kappa shape index (κ2) is 5.54. The van der Waals surface area contributed by atoms with Gasteiger partial charge in [-0.05, 0) is 12.1 Å². The summed E-state index contributed by atoms with van der Waals surface area (Å²) in [6, 6.07) is 9.49. The Morgan fingerprint density at radius 3 is 2.29 bits per heavy atom. The van der Waals surface area contributed by atoms with Gasteiger partial charge in [0, 0.05) is 4.90 Å². The van der Waals surface area contributed by atoms with Gasteiger partial charge in [0.1, 0.15) is 5.84 Å². The molecule has 0 unspecified atom stereocenters. The second-order valence-corrected chi connectivity index (χ2v) is 6.48. The number of fused-ring (bicyclic) bond motifs is 1. The Hall–Kier alpha value is -1.20. The number of rotatable bonds is 2. The molecule has 21 heavy (non-hydrogen) atoms. The van der Waals surface area contributed by atoms with Crippen molar-refractivity contribution >= 4 is 58.3 Å². The first-order chi connectivity index (χ1) is 10.0. The fourth-order valence-corrected chi connectivity index (χ4v) is 4.02. The molecule has 0 radical (unpaired) electrons. The van der Waals surface area contributed by atoms with E-state index in [1.165, 1.54) is 11.8 Å². The summed E-state index contributed by atoms with van der Waals surface area (Å²) in [6.07, 6.45) is 0. The summed E-state index contributed by atoms with van der Waals surface area (Å²) in [6.45, 7) is 0. The third-order valence-electron chi connectivity index (χ3n) is 2.96. The molecule has 2 aromatic carbocycles. The van der Waals surface area contributed by atoms with Crippen molar-refractivity contribution in [1.82, 2.24) is 5.32 Å². The number of nitrogens with one attached hydrogen (secondary N) is 2. The molecule has 0 saturated carbocycles. The Kier molecular flexibility index (Phi) is 3.88. The molecule has 0 aliphatic carbocycles. The van der Waals surface area contributed by atoms with Gasteiger partial charge < -0.3 is 5.32 Å². The highest BCUT2D eigenvalue weighted by Crippen LogP contribution is 2.46. The lowest BCUT2D eigenvalue weighted by Crippen LogP contribution is -2.20. The van der Waals surface area contributed by atoms with Crippen molar-refractivity contribution in [2.45, 2.75) is 9.79 Å². The summed E-state index contributed by atoms with van der Waals surface area (Å²) in [5.41, 5.74) is 0.462. The van der Waals surface area contributed by atoms with E-state index in [1.54, 1.807) is 0 Å². The van der Waals surface area contributed by atoms with Crippen molar-refractivity contribution in [3.05, 3.63) is 56.5 Å². The van der Waals surface area contributed by atoms with Crippen molar-refractivity contribution in [2.24, 2.45) is 0 Å². The Bertz CT molecular complexity index is 778. The third-order valence-corrected chi connectivity index (χ3v) is 5.53. The molecule has 0 aromatic heterocycles. The lowest BCUT2D eigenvalue weighted by Gasteiger charge is -2.12. The van der Waals surface area contributed by atoms with Crippen LogP contribution in [0.15, 0.2) is 40.1 Å². The first-order valence-corrected chi connectivity index (χ1v) is 7.79. The maximum Gasteiger partial charge on any atom is 0.259 e. The van der Waals surface area contributed by atoms with Crippen LogP contribution in [0.25, 0.3) is 0 Å². The third kappa shape index (κ3) is 2.42. The molecule has 1 heterocycles. The van der Waals surface area contributed by atoms with Gasteiger partial charge in [-0.2, -0.15) is 0 Å². The molecule has 106 valence electrons. The van der Waals surface area contributed by atoms with E-state index in [2.05, 4.69) is 5.32 Å². The van der Waals surface area contributed by atoms with Crippen molar-refractivity contribution in [2.75, 3.05) is 0 Å². The van der Waals surface area contributed by atoms with Crippen LogP contribution in [0.5, 0.6) is 0 Å². The van der Waals surface area contributed by atoms with Crippen LogP contribution >= 0.6 is 46.6 Å². The largest absolute Gasteiger partial charge is 0.306 e. The van der Waals surface area contributed by atoms with E-state index in [4.69, 9.17) is 40.2 Å². The van der Waals surface area contributed by atoms with Gasteiger partial charge in [-0.3, -0.25) is 10.2 Å². The van der Waals surface area contributed by atoms with E-state index in [1.807, 2.05) is 30.3 Å². The maximum absolute atomic E-state index is 11.9. The number of carbonyl (C=O) groups is 1. The fraction of sp³-hybridized carbons (Fsp3) is 0. The molecule has 1 aliphatic heterocycles. The molecular formula is C14H7Cl3N2OS. The van der Waals surface area contributed by atoms with Crippen LogP contribution in [0.2, 0.25) is 15.1 Å². The van der Waals surface area contributed by atoms with Gasteiger partial charge in [0.25, 0.3) is 5.91 Å². The minimum absolute atomic E-state index is 0.0833. The number of amides is 1. The molecule has 1 amide bonds. The highest BCUT2D eigenvalue weighted by molar-refractivity contribution is 7.99. The quantitative estimate of drug-likeness (QED) is 0.754. The van der Waals surface area contributed by atoms with Gasteiger partial charge >= 0.3 is 0 Å². The molecule has 2 aromatic rings. The molecule has 1 aliphatic rings. The summed E-state index contributed by atoms with van der Waals surface area (Å²) in [7, 11) is 0. The number of hydrogen-bond acceptors (Lipinski definition) is 3. The van der Waals surface area contributed by atoms with Crippen LogP contribution in [-0.4, -0.2) is 11.7 Å². The molecule has 3 rings (SSSR count). The van der Waals surface area contributed by atoms with Gasteiger partial charge in [-0.1, -0.05) is 64.8 Å². The molecule has 7 heteroatoms. The van der Waals surface area contributed by atoms with Crippen molar-refractivity contribution in [1.29, 1.82) is 5.41 Å². The van der Waals surface area contributed by atoms with Gasteiger partial charge in [0.05, 0.1) is 31.1 Å². The van der Waals surface area contributed by atoms with Gasteiger partial charge in [0.2, 0.25) is 0 Å². The summed E-state index contributed by atoms with van der Waals surface area (Å²) in [5, 5.41) is 10.8. The number of carbonyl (C=O) groups excluding carboxylic acids is 1. The number of halogens is 3. The van der Waals surface area contributed by atoms with E-state index in [0.29, 0.717) is 4.90 Å². The van der Waals surface area contributed by atoms with Crippen LogP contribution in [0.3, 0.4) is 0 Å².